The number of rotatable bonds is 3. The predicted octanol–water partition coefficient (Wildman–Crippen LogP) is 4.21. The van der Waals surface area contributed by atoms with Gasteiger partial charge in [0.25, 0.3) is 0 Å². The van der Waals surface area contributed by atoms with Gasteiger partial charge in [0.2, 0.25) is 0 Å². The summed E-state index contributed by atoms with van der Waals surface area (Å²) in [5.41, 5.74) is 6.91. The van der Waals surface area contributed by atoms with E-state index in [1.165, 1.54) is 11.3 Å². The lowest BCUT2D eigenvalue weighted by atomic mass is 10.3. The number of carbonyl (C=O) groups is 1. The molecule has 0 amide bonds. The van der Waals surface area contributed by atoms with Crippen molar-refractivity contribution < 1.29 is 4.79 Å². The Hall–Kier alpha value is -1.72. The van der Waals surface area contributed by atoms with Crippen LogP contribution in [0.1, 0.15) is 9.67 Å². The molecular weight excluding hydrogens is 258 g/mol. The van der Waals surface area contributed by atoms with Crippen molar-refractivity contribution in [1.29, 1.82) is 0 Å². The number of thiophene rings is 1. The van der Waals surface area contributed by atoms with Crippen molar-refractivity contribution >= 4 is 45.6 Å². The number of aldehydes is 1. The lowest BCUT2D eigenvalue weighted by Gasteiger charge is -1.92. The van der Waals surface area contributed by atoms with Crippen LogP contribution in [-0.2, 0) is 0 Å². The van der Waals surface area contributed by atoms with E-state index in [0.29, 0.717) is 32.6 Å². The van der Waals surface area contributed by atoms with Crippen molar-refractivity contribution in [2.75, 3.05) is 5.73 Å². The zero-order chi connectivity index (χ0) is 12.3. The smallest absolute Gasteiger partial charge is 0.161 e. The summed E-state index contributed by atoms with van der Waals surface area (Å²) in [7, 11) is 0. The van der Waals surface area contributed by atoms with Crippen LogP contribution in [0.25, 0.3) is 0 Å². The SMILES string of the molecule is Nc1ccc(N=Nc2cc(Cl)c(C=O)s2)cc1. The first-order valence-corrected chi connectivity index (χ1v) is 5.90. The van der Waals surface area contributed by atoms with Crippen LogP contribution >= 0.6 is 22.9 Å². The summed E-state index contributed by atoms with van der Waals surface area (Å²) >= 11 is 7.01. The summed E-state index contributed by atoms with van der Waals surface area (Å²) in [6, 6.07) is 8.61. The lowest BCUT2D eigenvalue weighted by Crippen LogP contribution is -1.80. The third-order valence-corrected chi connectivity index (χ3v) is 3.33. The molecule has 0 aliphatic carbocycles. The Morgan fingerprint density at radius 2 is 1.94 bits per heavy atom. The van der Waals surface area contributed by atoms with Gasteiger partial charge in [0.05, 0.1) is 15.6 Å². The molecule has 4 nitrogen and oxygen atoms in total. The van der Waals surface area contributed by atoms with Crippen LogP contribution < -0.4 is 5.73 Å². The van der Waals surface area contributed by atoms with Crippen LogP contribution in [-0.4, -0.2) is 6.29 Å². The average Bonchev–Trinajstić information content (AvgIpc) is 2.69. The second kappa shape index (κ2) is 5.07. The first-order chi connectivity index (χ1) is 8.19. The quantitative estimate of drug-likeness (QED) is 0.513. The Bertz CT molecular complexity index is 563. The van der Waals surface area contributed by atoms with E-state index in [1.807, 2.05) is 0 Å². The molecule has 0 fully saturated rings. The molecule has 1 heterocycles. The van der Waals surface area contributed by atoms with Gasteiger partial charge in [0.15, 0.2) is 6.29 Å². The fraction of sp³-hybridized carbons (Fsp3) is 0. The van der Waals surface area contributed by atoms with Crippen LogP contribution in [0.5, 0.6) is 0 Å². The molecule has 0 radical (unpaired) electrons. The maximum absolute atomic E-state index is 10.6. The molecule has 1 aromatic carbocycles. The summed E-state index contributed by atoms with van der Waals surface area (Å²) in [5.74, 6) is 0. The van der Waals surface area contributed by atoms with E-state index in [2.05, 4.69) is 10.2 Å². The van der Waals surface area contributed by atoms with Crippen molar-refractivity contribution in [2.45, 2.75) is 0 Å². The van der Waals surface area contributed by atoms with Crippen molar-refractivity contribution in [3.8, 4) is 0 Å². The van der Waals surface area contributed by atoms with Crippen LogP contribution in [0.15, 0.2) is 40.6 Å². The topological polar surface area (TPSA) is 67.8 Å². The second-order valence-electron chi connectivity index (χ2n) is 3.21. The summed E-state index contributed by atoms with van der Waals surface area (Å²) in [5, 5.41) is 9.00. The monoisotopic (exact) mass is 265 g/mol. The first kappa shape index (κ1) is 11.8. The molecule has 0 atom stereocenters. The van der Waals surface area contributed by atoms with Gasteiger partial charge in [0.1, 0.15) is 5.00 Å². The average molecular weight is 266 g/mol. The van der Waals surface area contributed by atoms with Crippen molar-refractivity contribution in [1.82, 2.24) is 0 Å². The first-order valence-electron chi connectivity index (χ1n) is 4.71. The number of halogens is 1. The van der Waals surface area contributed by atoms with Gasteiger partial charge in [-0.25, -0.2) is 0 Å². The van der Waals surface area contributed by atoms with Gasteiger partial charge in [-0.1, -0.05) is 11.6 Å². The number of nitrogen functional groups attached to an aromatic ring is 1. The fourth-order valence-corrected chi connectivity index (χ4v) is 2.16. The maximum atomic E-state index is 10.6. The number of carbonyl (C=O) groups excluding carboxylic acids is 1. The molecule has 86 valence electrons. The van der Waals surface area contributed by atoms with Gasteiger partial charge < -0.3 is 5.73 Å². The van der Waals surface area contributed by atoms with Crippen LogP contribution in [0.4, 0.5) is 16.4 Å². The maximum Gasteiger partial charge on any atom is 0.161 e. The summed E-state index contributed by atoms with van der Waals surface area (Å²) < 4.78 is 0. The van der Waals surface area contributed by atoms with E-state index in [1.54, 1.807) is 30.3 Å². The van der Waals surface area contributed by atoms with Crippen LogP contribution in [0.3, 0.4) is 0 Å². The van der Waals surface area contributed by atoms with Gasteiger partial charge in [-0.05, 0) is 30.3 Å². The van der Waals surface area contributed by atoms with E-state index in [-0.39, 0.29) is 0 Å². The van der Waals surface area contributed by atoms with Crippen molar-refractivity contribution in [3.63, 3.8) is 0 Å². The molecule has 17 heavy (non-hydrogen) atoms. The molecule has 0 aliphatic heterocycles. The van der Waals surface area contributed by atoms with Gasteiger partial charge in [0, 0.05) is 5.69 Å². The lowest BCUT2D eigenvalue weighted by molar-refractivity contribution is 0.112. The molecule has 0 bridgehead atoms. The van der Waals surface area contributed by atoms with Crippen LogP contribution in [0, 0.1) is 0 Å². The highest BCUT2D eigenvalue weighted by Crippen LogP contribution is 2.32. The molecular formula is C11H8ClN3OS. The third kappa shape index (κ3) is 2.89. The predicted molar refractivity (Wildman–Crippen MR) is 69.7 cm³/mol. The minimum atomic E-state index is 0.399. The Morgan fingerprint density at radius 3 is 2.53 bits per heavy atom. The van der Waals surface area contributed by atoms with E-state index >= 15 is 0 Å². The Labute approximate surface area is 107 Å². The number of anilines is 1. The number of nitrogens with two attached hydrogens (primary N) is 1. The molecule has 0 saturated carbocycles. The largest absolute Gasteiger partial charge is 0.399 e. The van der Waals surface area contributed by atoms with E-state index in [0.717, 1.165) is 0 Å². The fourth-order valence-electron chi connectivity index (χ4n) is 1.15. The Morgan fingerprint density at radius 1 is 1.24 bits per heavy atom. The Kier molecular flexibility index (Phi) is 3.51. The molecule has 1 aromatic heterocycles. The van der Waals surface area contributed by atoms with Gasteiger partial charge in [-0.3, -0.25) is 4.79 Å². The zero-order valence-corrected chi connectivity index (χ0v) is 10.2. The molecule has 0 aliphatic rings. The van der Waals surface area contributed by atoms with Gasteiger partial charge in [-0.15, -0.1) is 21.6 Å². The zero-order valence-electron chi connectivity index (χ0n) is 8.63. The van der Waals surface area contributed by atoms with Gasteiger partial charge >= 0.3 is 0 Å². The molecule has 0 unspecified atom stereocenters. The molecule has 0 saturated heterocycles. The number of azo groups is 1. The molecule has 6 heteroatoms. The van der Waals surface area contributed by atoms with Gasteiger partial charge in [-0.2, -0.15) is 0 Å². The molecule has 2 aromatic rings. The third-order valence-electron chi connectivity index (χ3n) is 1.96. The number of hydrogen-bond donors (Lipinski definition) is 1. The normalized spacial score (nSPS) is 10.9. The van der Waals surface area contributed by atoms with Crippen LogP contribution in [0.2, 0.25) is 5.02 Å². The standard InChI is InChI=1S/C11H8ClN3OS/c12-9-5-11(17-10(9)6-16)15-14-8-3-1-7(13)2-4-8/h1-6H,13H2. The number of hydrogen-bond acceptors (Lipinski definition) is 5. The second-order valence-corrected chi connectivity index (χ2v) is 4.68. The minimum absolute atomic E-state index is 0.399. The van der Waals surface area contributed by atoms with Crippen molar-refractivity contribution in [3.05, 3.63) is 40.2 Å². The summed E-state index contributed by atoms with van der Waals surface area (Å²) in [4.78, 5) is 11.0. The summed E-state index contributed by atoms with van der Waals surface area (Å²) in [6.45, 7) is 0. The summed E-state index contributed by atoms with van der Waals surface area (Å²) in [6.07, 6.45) is 0.704. The minimum Gasteiger partial charge on any atom is -0.399 e. The molecule has 0 spiro atoms. The number of nitrogens with zero attached hydrogens (tertiary/aromatic N) is 2. The number of benzene rings is 1. The van der Waals surface area contributed by atoms with Crippen molar-refractivity contribution in [2.24, 2.45) is 10.2 Å². The van der Waals surface area contributed by atoms with E-state index in [4.69, 9.17) is 17.3 Å². The highest BCUT2D eigenvalue weighted by Gasteiger charge is 2.05. The van der Waals surface area contributed by atoms with E-state index in [9.17, 15) is 4.79 Å². The molecule has 2 rings (SSSR count). The highest BCUT2D eigenvalue weighted by molar-refractivity contribution is 7.17. The van der Waals surface area contributed by atoms with E-state index < -0.39 is 0 Å². The highest BCUT2D eigenvalue weighted by atomic mass is 35.5. The molecule has 2 N–H and O–H groups in total. The Balaban J connectivity index is 2.19.